The first-order valence-electron chi connectivity index (χ1n) is 12.6. The second kappa shape index (κ2) is 15.5. The number of aliphatic carboxylic acids is 1. The molecule has 0 amide bonds. The molecule has 0 bridgehead atoms. The summed E-state index contributed by atoms with van der Waals surface area (Å²) in [6.07, 6.45) is 6.04. The van der Waals surface area contributed by atoms with Crippen molar-refractivity contribution >= 4 is 20.8 Å². The summed E-state index contributed by atoms with van der Waals surface area (Å²) in [4.78, 5) is 11.8. The van der Waals surface area contributed by atoms with Crippen LogP contribution in [0, 0.1) is 0 Å². The molecule has 0 heterocycles. The van der Waals surface area contributed by atoms with Crippen LogP contribution in [0.5, 0.6) is 5.75 Å². The number of hydrogen-bond acceptors (Lipinski definition) is 5. The molecule has 0 spiro atoms. The average Bonchev–Trinajstić information content (AvgIpc) is 2.86. The van der Waals surface area contributed by atoms with E-state index in [1.807, 2.05) is 69.3 Å². The molecule has 0 aliphatic carbocycles. The van der Waals surface area contributed by atoms with E-state index in [4.69, 9.17) is 18.0 Å². The van der Waals surface area contributed by atoms with Gasteiger partial charge in [-0.25, -0.2) is 4.79 Å². The molecule has 35 heavy (non-hydrogen) atoms. The van der Waals surface area contributed by atoms with E-state index in [2.05, 4.69) is 0 Å². The number of ether oxygens (including phenoxy) is 1. The number of rotatable bonds is 17. The molecule has 0 aliphatic rings. The molecule has 7 heteroatoms. The second-order valence-corrected chi connectivity index (χ2v) is 11.0. The first kappa shape index (κ1) is 28.8. The van der Waals surface area contributed by atoms with E-state index in [9.17, 15) is 9.90 Å². The van der Waals surface area contributed by atoms with Crippen molar-refractivity contribution in [3.63, 3.8) is 0 Å². The highest BCUT2D eigenvalue weighted by Gasteiger charge is 2.39. The van der Waals surface area contributed by atoms with Crippen LogP contribution in [-0.4, -0.2) is 46.8 Å². The van der Waals surface area contributed by atoms with Crippen molar-refractivity contribution < 1.29 is 27.9 Å². The lowest BCUT2D eigenvalue weighted by Crippen LogP contribution is -2.45. The van der Waals surface area contributed by atoms with Crippen molar-refractivity contribution in [2.45, 2.75) is 58.9 Å². The molecular formula is C28H40O6Si. The van der Waals surface area contributed by atoms with Crippen LogP contribution < -0.4 is 4.74 Å². The topological polar surface area (TPSA) is 74.2 Å². The van der Waals surface area contributed by atoms with Crippen molar-refractivity contribution in [1.29, 1.82) is 0 Å². The third-order valence-corrected chi connectivity index (χ3v) is 8.87. The number of carbonyl (C=O) groups is 1. The maximum Gasteiger partial charge on any atom is 0.500 e. The number of hydrogen-bond donors (Lipinski definition) is 1. The molecule has 1 N–H and O–H groups in total. The summed E-state index contributed by atoms with van der Waals surface area (Å²) in [5.74, 6) is -0.0432. The van der Waals surface area contributed by atoms with Gasteiger partial charge in [-0.15, -0.1) is 0 Å². The maximum atomic E-state index is 11.8. The van der Waals surface area contributed by atoms with Crippen LogP contribution in [0.3, 0.4) is 0 Å². The zero-order valence-electron chi connectivity index (χ0n) is 21.5. The van der Waals surface area contributed by atoms with Gasteiger partial charge in [-0.1, -0.05) is 49.2 Å². The van der Waals surface area contributed by atoms with Crippen LogP contribution in [0.4, 0.5) is 0 Å². The van der Waals surface area contributed by atoms with Gasteiger partial charge < -0.3 is 23.1 Å². The summed E-state index contributed by atoms with van der Waals surface area (Å²) >= 11 is 0. The predicted molar refractivity (Wildman–Crippen MR) is 143 cm³/mol. The van der Waals surface area contributed by atoms with Gasteiger partial charge in [0.1, 0.15) is 5.75 Å². The lowest BCUT2D eigenvalue weighted by atomic mass is 10.0. The Morgan fingerprint density at radius 2 is 1.31 bits per heavy atom. The van der Waals surface area contributed by atoms with Gasteiger partial charge in [0.25, 0.3) is 0 Å². The summed E-state index contributed by atoms with van der Waals surface area (Å²) in [6.45, 7) is 7.64. The van der Waals surface area contributed by atoms with Gasteiger partial charge in [0.05, 0.1) is 7.11 Å². The Balaban J connectivity index is 1.88. The predicted octanol–water partition coefficient (Wildman–Crippen LogP) is 6.83. The molecule has 0 saturated carbocycles. The van der Waals surface area contributed by atoms with E-state index in [0.717, 1.165) is 54.2 Å². The van der Waals surface area contributed by atoms with Crippen LogP contribution in [0.15, 0.2) is 54.1 Å². The molecule has 0 aliphatic heterocycles. The Hall–Kier alpha value is -2.45. The molecule has 0 saturated heterocycles. The van der Waals surface area contributed by atoms with E-state index >= 15 is 0 Å². The number of carboxylic acids is 1. The van der Waals surface area contributed by atoms with Crippen molar-refractivity contribution in [2.75, 3.05) is 26.9 Å². The second-order valence-electron chi connectivity index (χ2n) is 8.22. The molecule has 2 rings (SSSR count). The number of unbranched alkanes of at least 4 members (excludes halogenated alkanes) is 3. The fourth-order valence-electron chi connectivity index (χ4n) is 4.01. The van der Waals surface area contributed by atoms with Crippen molar-refractivity contribution in [3.05, 3.63) is 59.7 Å². The Morgan fingerprint density at radius 1 is 0.800 bits per heavy atom. The lowest BCUT2D eigenvalue weighted by Gasteiger charge is -2.28. The van der Waals surface area contributed by atoms with Crippen LogP contribution in [0.2, 0.25) is 6.04 Å². The quantitative estimate of drug-likeness (QED) is 0.146. The van der Waals surface area contributed by atoms with Gasteiger partial charge >= 0.3 is 14.8 Å². The summed E-state index contributed by atoms with van der Waals surface area (Å²) in [6, 6.07) is 16.6. The number of carboxylic acid groups (broad SMARTS) is 1. The first-order valence-corrected chi connectivity index (χ1v) is 14.5. The zero-order chi connectivity index (χ0) is 25.5. The monoisotopic (exact) mass is 500 g/mol. The highest BCUT2D eigenvalue weighted by atomic mass is 28.4. The normalized spacial score (nSPS) is 12.1. The third-order valence-electron chi connectivity index (χ3n) is 5.72. The number of methoxy groups -OCH3 is 1. The maximum absolute atomic E-state index is 11.8. The minimum Gasteiger partial charge on any atom is -0.497 e. The average molecular weight is 501 g/mol. The highest BCUT2D eigenvalue weighted by molar-refractivity contribution is 6.60. The van der Waals surface area contributed by atoms with E-state index in [0.29, 0.717) is 31.8 Å². The van der Waals surface area contributed by atoms with Gasteiger partial charge in [-0.05, 0) is 74.9 Å². The fraction of sp³-hybridized carbons (Fsp3) is 0.464. The fourth-order valence-corrected chi connectivity index (χ4v) is 6.69. The van der Waals surface area contributed by atoms with E-state index < -0.39 is 14.8 Å². The van der Waals surface area contributed by atoms with Gasteiger partial charge in [0.15, 0.2) is 0 Å². The molecule has 192 valence electrons. The van der Waals surface area contributed by atoms with Gasteiger partial charge in [-0.3, -0.25) is 0 Å². The van der Waals surface area contributed by atoms with Gasteiger partial charge in [-0.2, -0.15) is 0 Å². The summed E-state index contributed by atoms with van der Waals surface area (Å²) in [5, 5.41) is 9.68. The number of benzene rings is 2. The smallest absolute Gasteiger partial charge is 0.497 e. The minimum atomic E-state index is -2.59. The molecule has 0 unspecified atom stereocenters. The lowest BCUT2D eigenvalue weighted by molar-refractivity contribution is -0.132. The standard InChI is InChI=1S/C28H40O6Si/c1-5-32-35(33-6-2,34-7-3)21-11-9-8-10-12-26(28(29)30)22-23-13-15-24(16-14-23)25-17-19-27(31-4)20-18-25/h13-20,22H,5-12,21H2,1-4H3,(H,29,30)/b26-22+. The van der Waals surface area contributed by atoms with Crippen molar-refractivity contribution in [1.82, 2.24) is 0 Å². The Kier molecular flexibility index (Phi) is 12.8. The molecule has 0 radical (unpaired) electrons. The van der Waals surface area contributed by atoms with Crippen LogP contribution in [0.1, 0.15) is 58.4 Å². The Bertz CT molecular complexity index is 891. The highest BCUT2D eigenvalue weighted by Crippen LogP contribution is 2.24. The molecule has 2 aromatic rings. The van der Waals surface area contributed by atoms with E-state index in [-0.39, 0.29) is 0 Å². The van der Waals surface area contributed by atoms with E-state index in [1.165, 1.54) is 0 Å². The van der Waals surface area contributed by atoms with Crippen LogP contribution in [0.25, 0.3) is 17.2 Å². The summed E-state index contributed by atoms with van der Waals surface area (Å²) in [7, 11) is -0.944. The molecule has 0 fully saturated rings. The molecule has 0 atom stereocenters. The van der Waals surface area contributed by atoms with Crippen LogP contribution >= 0.6 is 0 Å². The van der Waals surface area contributed by atoms with E-state index in [1.54, 1.807) is 13.2 Å². The van der Waals surface area contributed by atoms with Gasteiger partial charge in [0, 0.05) is 31.4 Å². The van der Waals surface area contributed by atoms with Crippen LogP contribution in [-0.2, 0) is 18.1 Å². The summed E-state index contributed by atoms with van der Waals surface area (Å²) in [5.41, 5.74) is 3.49. The largest absolute Gasteiger partial charge is 0.500 e. The molecular weight excluding hydrogens is 460 g/mol. The third kappa shape index (κ3) is 9.61. The Labute approximate surface area is 211 Å². The molecule has 6 nitrogen and oxygen atoms in total. The Morgan fingerprint density at radius 3 is 1.80 bits per heavy atom. The minimum absolute atomic E-state index is 0.434. The molecule has 2 aromatic carbocycles. The first-order chi connectivity index (χ1) is 17.0. The SMILES string of the molecule is CCO[Si](CCCCCC/C(=C\c1ccc(-c2ccc(OC)cc2)cc1)C(=O)O)(OCC)OCC. The van der Waals surface area contributed by atoms with Crippen molar-refractivity contribution in [3.8, 4) is 16.9 Å². The zero-order valence-corrected chi connectivity index (χ0v) is 22.5. The van der Waals surface area contributed by atoms with Crippen molar-refractivity contribution in [2.24, 2.45) is 0 Å². The van der Waals surface area contributed by atoms with Gasteiger partial charge in [0.2, 0.25) is 0 Å². The molecule has 0 aromatic heterocycles. The summed E-state index contributed by atoms with van der Waals surface area (Å²) < 4.78 is 22.9.